The number of hydrogen-bond acceptors (Lipinski definition) is 3. The van der Waals surface area contributed by atoms with Gasteiger partial charge in [0.15, 0.2) is 11.0 Å². The van der Waals surface area contributed by atoms with Crippen molar-refractivity contribution in [3.05, 3.63) is 17.3 Å². The summed E-state index contributed by atoms with van der Waals surface area (Å²) in [5, 5.41) is 7.76. The van der Waals surface area contributed by atoms with E-state index in [0.717, 1.165) is 0 Å². The van der Waals surface area contributed by atoms with E-state index in [1.165, 1.54) is 0 Å². The summed E-state index contributed by atoms with van der Waals surface area (Å²) in [6.07, 6.45) is 1.65. The number of rotatable bonds is 2. The van der Waals surface area contributed by atoms with E-state index < -0.39 is 0 Å². The molecular formula is C7H9ClN4. The van der Waals surface area contributed by atoms with Crippen molar-refractivity contribution in [1.29, 1.82) is 0 Å². The molecule has 0 saturated heterocycles. The largest absolute Gasteiger partial charge is 0.369 e. The molecule has 1 aromatic rings. The summed E-state index contributed by atoms with van der Waals surface area (Å²) < 4.78 is 0. The first kappa shape index (κ1) is 8.93. The Kier molecular flexibility index (Phi) is 2.99. The molecule has 0 aromatic carbocycles. The van der Waals surface area contributed by atoms with Crippen LogP contribution in [0.1, 0.15) is 0 Å². The molecule has 0 aliphatic heterocycles. The summed E-state index contributed by atoms with van der Waals surface area (Å²) in [6.45, 7) is 0. The first-order valence-electron chi connectivity index (χ1n) is 3.38. The van der Waals surface area contributed by atoms with E-state index in [-0.39, 0.29) is 0 Å². The summed E-state index contributed by atoms with van der Waals surface area (Å²) in [5.74, 6) is 0.549. The van der Waals surface area contributed by atoms with E-state index >= 15 is 0 Å². The van der Waals surface area contributed by atoms with Crippen LogP contribution in [0.2, 0.25) is 5.15 Å². The number of aliphatic imine (C=N–C) groups is 1. The van der Waals surface area contributed by atoms with Crippen LogP contribution >= 0.6 is 11.6 Å². The van der Waals surface area contributed by atoms with Crippen LogP contribution in [0.25, 0.3) is 0 Å². The molecule has 0 radical (unpaired) electrons. The van der Waals surface area contributed by atoms with Gasteiger partial charge in [-0.2, -0.15) is 0 Å². The third kappa shape index (κ3) is 2.84. The zero-order chi connectivity index (χ0) is 8.97. The average molecular weight is 185 g/mol. The molecule has 1 aromatic heterocycles. The lowest BCUT2D eigenvalue weighted by Gasteiger charge is -2.00. The fourth-order valence-electron chi connectivity index (χ4n) is 0.552. The van der Waals surface area contributed by atoms with Gasteiger partial charge in [0.05, 0.1) is 6.34 Å². The molecule has 0 unspecified atom stereocenters. The summed E-state index contributed by atoms with van der Waals surface area (Å²) in [6, 6.07) is 3.35. The van der Waals surface area contributed by atoms with E-state index in [2.05, 4.69) is 15.2 Å². The Balaban J connectivity index is 2.71. The van der Waals surface area contributed by atoms with E-state index in [9.17, 15) is 0 Å². The highest BCUT2D eigenvalue weighted by atomic mass is 35.5. The van der Waals surface area contributed by atoms with E-state index in [1.807, 2.05) is 19.0 Å². The Labute approximate surface area is 75.9 Å². The lowest BCUT2D eigenvalue weighted by Crippen LogP contribution is -2.07. The molecular weight excluding hydrogens is 176 g/mol. The minimum Gasteiger partial charge on any atom is -0.369 e. The highest BCUT2D eigenvalue weighted by Crippen LogP contribution is 2.07. The van der Waals surface area contributed by atoms with Crippen molar-refractivity contribution in [2.24, 2.45) is 4.99 Å². The second-order valence-corrected chi connectivity index (χ2v) is 2.81. The second-order valence-electron chi connectivity index (χ2n) is 2.42. The molecule has 4 nitrogen and oxygen atoms in total. The average Bonchev–Trinajstić information content (AvgIpc) is 2.03. The third-order valence-corrected chi connectivity index (χ3v) is 1.24. The Morgan fingerprint density at radius 1 is 1.42 bits per heavy atom. The maximum Gasteiger partial charge on any atom is 0.175 e. The molecule has 1 heterocycles. The third-order valence-electron chi connectivity index (χ3n) is 1.04. The van der Waals surface area contributed by atoms with Crippen molar-refractivity contribution < 1.29 is 0 Å². The van der Waals surface area contributed by atoms with E-state index in [1.54, 1.807) is 18.5 Å². The number of hydrogen-bond donors (Lipinski definition) is 0. The van der Waals surface area contributed by atoms with Gasteiger partial charge < -0.3 is 4.90 Å². The van der Waals surface area contributed by atoms with Crippen molar-refractivity contribution >= 4 is 23.8 Å². The lowest BCUT2D eigenvalue weighted by atomic mass is 10.5. The molecule has 0 aliphatic carbocycles. The lowest BCUT2D eigenvalue weighted by molar-refractivity contribution is 0.642. The Morgan fingerprint density at radius 3 is 2.67 bits per heavy atom. The maximum atomic E-state index is 5.54. The summed E-state index contributed by atoms with van der Waals surface area (Å²) in [5.41, 5.74) is 0. The van der Waals surface area contributed by atoms with Crippen molar-refractivity contribution in [2.45, 2.75) is 0 Å². The minimum atomic E-state index is 0.374. The zero-order valence-corrected chi connectivity index (χ0v) is 7.65. The maximum absolute atomic E-state index is 5.54. The molecule has 0 bridgehead atoms. The Bertz CT molecular complexity index is 267. The first-order valence-corrected chi connectivity index (χ1v) is 3.76. The minimum absolute atomic E-state index is 0.374. The highest BCUT2D eigenvalue weighted by Gasteiger charge is 1.90. The van der Waals surface area contributed by atoms with Crippen LogP contribution in [0.4, 0.5) is 5.82 Å². The van der Waals surface area contributed by atoms with Gasteiger partial charge in [-0.15, -0.1) is 10.2 Å². The predicted octanol–water partition coefficient (Wildman–Crippen LogP) is 1.35. The van der Waals surface area contributed by atoms with Crippen LogP contribution in [0.3, 0.4) is 0 Å². The molecule has 0 saturated carbocycles. The van der Waals surface area contributed by atoms with Gasteiger partial charge in [-0.1, -0.05) is 11.6 Å². The van der Waals surface area contributed by atoms with E-state index in [4.69, 9.17) is 11.6 Å². The molecule has 0 fully saturated rings. The van der Waals surface area contributed by atoms with Gasteiger partial charge in [-0.05, 0) is 12.1 Å². The quantitative estimate of drug-likeness (QED) is 0.515. The van der Waals surface area contributed by atoms with E-state index in [0.29, 0.717) is 11.0 Å². The van der Waals surface area contributed by atoms with Crippen LogP contribution in [0.5, 0.6) is 0 Å². The van der Waals surface area contributed by atoms with Crippen molar-refractivity contribution in [3.8, 4) is 0 Å². The van der Waals surface area contributed by atoms with Gasteiger partial charge in [0.25, 0.3) is 0 Å². The summed E-state index contributed by atoms with van der Waals surface area (Å²) in [4.78, 5) is 5.83. The molecule has 1 rings (SSSR count). The van der Waals surface area contributed by atoms with Crippen LogP contribution in [-0.2, 0) is 0 Å². The van der Waals surface area contributed by atoms with Crippen molar-refractivity contribution in [1.82, 2.24) is 15.1 Å². The van der Waals surface area contributed by atoms with Crippen molar-refractivity contribution in [3.63, 3.8) is 0 Å². The molecule has 0 aliphatic rings. The van der Waals surface area contributed by atoms with Crippen LogP contribution in [0.15, 0.2) is 17.1 Å². The van der Waals surface area contributed by atoms with Gasteiger partial charge >= 0.3 is 0 Å². The predicted molar refractivity (Wildman–Crippen MR) is 48.9 cm³/mol. The van der Waals surface area contributed by atoms with Crippen LogP contribution < -0.4 is 0 Å². The second kappa shape index (κ2) is 4.01. The fraction of sp³-hybridized carbons (Fsp3) is 0.286. The number of halogens is 1. The molecule has 64 valence electrons. The van der Waals surface area contributed by atoms with Crippen LogP contribution in [-0.4, -0.2) is 35.5 Å². The zero-order valence-electron chi connectivity index (χ0n) is 6.90. The summed E-state index contributed by atoms with van der Waals surface area (Å²) in [7, 11) is 3.76. The Morgan fingerprint density at radius 2 is 2.17 bits per heavy atom. The van der Waals surface area contributed by atoms with Gasteiger partial charge in [-0.25, -0.2) is 4.99 Å². The standard InChI is InChI=1S/C7H9ClN4/c1-12(2)5-9-7-4-3-6(8)10-11-7/h3-5H,1-2H3/b9-5-. The highest BCUT2D eigenvalue weighted by molar-refractivity contribution is 6.29. The van der Waals surface area contributed by atoms with Crippen molar-refractivity contribution in [2.75, 3.05) is 14.1 Å². The smallest absolute Gasteiger partial charge is 0.175 e. The molecule has 0 atom stereocenters. The fourth-order valence-corrected chi connectivity index (χ4v) is 0.653. The topological polar surface area (TPSA) is 41.4 Å². The van der Waals surface area contributed by atoms with Gasteiger partial charge in [0, 0.05) is 14.1 Å². The Hall–Kier alpha value is -1.16. The van der Waals surface area contributed by atoms with Gasteiger partial charge in [-0.3, -0.25) is 0 Å². The molecule has 0 spiro atoms. The normalized spacial score (nSPS) is 10.6. The number of aromatic nitrogens is 2. The first-order chi connectivity index (χ1) is 5.68. The molecule has 0 amide bonds. The molecule has 5 heteroatoms. The van der Waals surface area contributed by atoms with Gasteiger partial charge in [0.2, 0.25) is 0 Å². The summed E-state index contributed by atoms with van der Waals surface area (Å²) >= 11 is 5.54. The van der Waals surface area contributed by atoms with Gasteiger partial charge in [0.1, 0.15) is 0 Å². The van der Waals surface area contributed by atoms with Crippen LogP contribution in [0, 0.1) is 0 Å². The number of nitrogens with zero attached hydrogens (tertiary/aromatic N) is 4. The molecule has 0 N–H and O–H groups in total. The molecule has 12 heavy (non-hydrogen) atoms. The SMILES string of the molecule is CN(C)/C=N\c1ccc(Cl)nn1. The monoisotopic (exact) mass is 184 g/mol.